The molecule has 0 radical (unpaired) electrons. The summed E-state index contributed by atoms with van der Waals surface area (Å²) in [5.41, 5.74) is -0.273. The zero-order valence-corrected chi connectivity index (χ0v) is 9.09. The Morgan fingerprint density at radius 1 is 1.31 bits per heavy atom. The highest BCUT2D eigenvalue weighted by molar-refractivity contribution is 5.29. The van der Waals surface area contributed by atoms with Crippen molar-refractivity contribution in [1.29, 1.82) is 0 Å². The van der Waals surface area contributed by atoms with E-state index in [1.54, 1.807) is 24.1 Å². The molecule has 0 saturated carbocycles. The molecule has 4 heteroatoms. The first-order valence-corrected chi connectivity index (χ1v) is 4.89. The summed E-state index contributed by atoms with van der Waals surface area (Å²) in [5, 5.41) is 0. The summed E-state index contributed by atoms with van der Waals surface area (Å²) in [6.07, 6.45) is -2.62. The molecule has 16 heavy (non-hydrogen) atoms. The third kappa shape index (κ3) is 3.38. The second kappa shape index (κ2) is 5.16. The van der Waals surface area contributed by atoms with Gasteiger partial charge in [0, 0.05) is 13.1 Å². The average molecular weight is 229 g/mol. The van der Waals surface area contributed by atoms with Gasteiger partial charge in [0.15, 0.2) is 0 Å². The van der Waals surface area contributed by atoms with Crippen molar-refractivity contribution >= 4 is 0 Å². The maximum absolute atomic E-state index is 12.6. The van der Waals surface area contributed by atoms with Gasteiger partial charge in [-0.25, -0.2) is 0 Å². The second-order valence-corrected chi connectivity index (χ2v) is 3.64. The third-order valence-electron chi connectivity index (χ3n) is 2.20. The maximum Gasteiger partial charge on any atom is 0.416 e. The number of nitrogens with zero attached hydrogens (tertiary/aromatic N) is 1. The molecule has 0 unspecified atom stereocenters. The van der Waals surface area contributed by atoms with Gasteiger partial charge in [0.2, 0.25) is 0 Å². The fourth-order valence-corrected chi connectivity index (χ4v) is 1.51. The monoisotopic (exact) mass is 229 g/mol. The molecule has 0 aliphatic carbocycles. The first-order chi connectivity index (χ1) is 7.45. The molecule has 0 N–H and O–H groups in total. The fourth-order valence-electron chi connectivity index (χ4n) is 1.51. The summed E-state index contributed by atoms with van der Waals surface area (Å²) in [4.78, 5) is 1.78. The lowest BCUT2D eigenvalue weighted by molar-refractivity contribution is -0.138. The van der Waals surface area contributed by atoms with Crippen LogP contribution in [-0.4, -0.2) is 18.5 Å². The van der Waals surface area contributed by atoms with Crippen LogP contribution in [0.4, 0.5) is 13.2 Å². The molecule has 0 fully saturated rings. The molecular formula is C12H14F3N. The van der Waals surface area contributed by atoms with E-state index in [0.717, 1.165) is 6.07 Å². The van der Waals surface area contributed by atoms with Crippen LogP contribution < -0.4 is 0 Å². The maximum atomic E-state index is 12.6. The fraction of sp³-hybridized carbons (Fsp3) is 0.333. The first kappa shape index (κ1) is 12.8. The van der Waals surface area contributed by atoms with E-state index in [1.165, 1.54) is 12.1 Å². The van der Waals surface area contributed by atoms with Crippen molar-refractivity contribution in [3.63, 3.8) is 0 Å². The second-order valence-electron chi connectivity index (χ2n) is 3.64. The Morgan fingerprint density at radius 2 is 1.94 bits per heavy atom. The molecule has 0 bridgehead atoms. The highest BCUT2D eigenvalue weighted by atomic mass is 19.4. The van der Waals surface area contributed by atoms with E-state index in [0.29, 0.717) is 12.1 Å². The molecule has 0 aliphatic rings. The lowest BCUT2D eigenvalue weighted by Crippen LogP contribution is -2.20. The predicted molar refractivity (Wildman–Crippen MR) is 58.0 cm³/mol. The summed E-state index contributed by atoms with van der Waals surface area (Å²) in [5.74, 6) is 0. The van der Waals surface area contributed by atoms with Crippen LogP contribution in [0.3, 0.4) is 0 Å². The number of hydrogen-bond donors (Lipinski definition) is 0. The van der Waals surface area contributed by atoms with Gasteiger partial charge in [-0.05, 0) is 18.7 Å². The van der Waals surface area contributed by atoms with Crippen LogP contribution in [0.25, 0.3) is 0 Å². The normalized spacial score (nSPS) is 11.8. The van der Waals surface area contributed by atoms with Crippen LogP contribution in [0, 0.1) is 0 Å². The Bertz CT molecular complexity index is 358. The van der Waals surface area contributed by atoms with Crippen molar-refractivity contribution < 1.29 is 13.2 Å². The molecule has 0 aliphatic heterocycles. The first-order valence-electron chi connectivity index (χ1n) is 4.89. The molecule has 1 nitrogen and oxygen atoms in total. The van der Waals surface area contributed by atoms with Crippen LogP contribution in [0.1, 0.15) is 11.1 Å². The molecule has 0 aromatic heterocycles. The Kier molecular flexibility index (Phi) is 4.12. The highest BCUT2D eigenvalue weighted by Gasteiger charge is 2.32. The van der Waals surface area contributed by atoms with Crippen LogP contribution in [0.5, 0.6) is 0 Å². The largest absolute Gasteiger partial charge is 0.416 e. The zero-order chi connectivity index (χ0) is 12.2. The van der Waals surface area contributed by atoms with Crippen LogP contribution in [-0.2, 0) is 12.7 Å². The molecule has 0 heterocycles. The van der Waals surface area contributed by atoms with E-state index < -0.39 is 11.7 Å². The van der Waals surface area contributed by atoms with Crippen molar-refractivity contribution in [2.24, 2.45) is 0 Å². The highest BCUT2D eigenvalue weighted by Crippen LogP contribution is 2.32. The van der Waals surface area contributed by atoms with E-state index in [4.69, 9.17) is 0 Å². The number of hydrogen-bond acceptors (Lipinski definition) is 1. The topological polar surface area (TPSA) is 3.24 Å². The molecule has 0 saturated heterocycles. The summed E-state index contributed by atoms with van der Waals surface area (Å²) in [6.45, 7) is 4.38. The number of halogens is 3. The number of benzene rings is 1. The molecular weight excluding hydrogens is 215 g/mol. The zero-order valence-electron chi connectivity index (χ0n) is 9.09. The van der Waals surface area contributed by atoms with Crippen LogP contribution in [0.15, 0.2) is 36.9 Å². The van der Waals surface area contributed by atoms with E-state index in [9.17, 15) is 13.2 Å². The predicted octanol–water partition coefficient (Wildman–Crippen LogP) is 3.32. The van der Waals surface area contributed by atoms with Crippen molar-refractivity contribution in [1.82, 2.24) is 4.90 Å². The summed E-state index contributed by atoms with van der Waals surface area (Å²) < 4.78 is 37.9. The van der Waals surface area contributed by atoms with Gasteiger partial charge < -0.3 is 0 Å². The minimum atomic E-state index is -4.29. The van der Waals surface area contributed by atoms with Crippen molar-refractivity contribution in [2.45, 2.75) is 12.7 Å². The summed E-state index contributed by atoms with van der Waals surface area (Å²) in [6, 6.07) is 5.63. The van der Waals surface area contributed by atoms with Gasteiger partial charge in [-0.3, -0.25) is 4.90 Å². The Labute approximate surface area is 93.2 Å². The molecule has 0 amide bonds. The van der Waals surface area contributed by atoms with Gasteiger partial charge in [-0.2, -0.15) is 13.2 Å². The third-order valence-corrected chi connectivity index (χ3v) is 2.20. The van der Waals surface area contributed by atoms with Crippen LogP contribution >= 0.6 is 0 Å². The summed E-state index contributed by atoms with van der Waals surface area (Å²) in [7, 11) is 1.76. The number of alkyl halides is 3. The van der Waals surface area contributed by atoms with Crippen molar-refractivity contribution in [2.75, 3.05) is 13.6 Å². The molecule has 0 spiro atoms. The minimum absolute atomic E-state index is 0.266. The molecule has 1 aromatic carbocycles. The quantitative estimate of drug-likeness (QED) is 0.716. The lowest BCUT2D eigenvalue weighted by Gasteiger charge is -2.18. The molecule has 1 aromatic rings. The van der Waals surface area contributed by atoms with Gasteiger partial charge >= 0.3 is 6.18 Å². The molecule has 0 atom stereocenters. The van der Waals surface area contributed by atoms with Gasteiger partial charge in [-0.1, -0.05) is 24.3 Å². The van der Waals surface area contributed by atoms with E-state index in [2.05, 4.69) is 6.58 Å². The molecule has 88 valence electrons. The number of likely N-dealkylation sites (N-methyl/N-ethyl adjacent to an activating group) is 1. The van der Waals surface area contributed by atoms with Crippen LogP contribution in [0.2, 0.25) is 0 Å². The Balaban J connectivity index is 2.91. The van der Waals surface area contributed by atoms with Crippen molar-refractivity contribution in [3.05, 3.63) is 48.0 Å². The lowest BCUT2D eigenvalue weighted by atomic mass is 10.1. The van der Waals surface area contributed by atoms with Crippen molar-refractivity contribution in [3.8, 4) is 0 Å². The molecule has 1 rings (SSSR count). The average Bonchev–Trinajstić information content (AvgIpc) is 2.17. The smallest absolute Gasteiger partial charge is 0.298 e. The number of rotatable bonds is 4. The standard InChI is InChI=1S/C12H14F3N/c1-3-8-16(2)9-10-6-4-5-7-11(10)12(13,14)15/h3-7H,1,8-9H2,2H3. The van der Waals surface area contributed by atoms with E-state index in [1.807, 2.05) is 0 Å². The van der Waals surface area contributed by atoms with Gasteiger partial charge in [0.25, 0.3) is 0 Å². The minimum Gasteiger partial charge on any atom is -0.298 e. The van der Waals surface area contributed by atoms with Gasteiger partial charge in [0.1, 0.15) is 0 Å². The summed E-state index contributed by atoms with van der Waals surface area (Å²) >= 11 is 0. The van der Waals surface area contributed by atoms with Gasteiger partial charge in [0.05, 0.1) is 5.56 Å². The Hall–Kier alpha value is -1.29. The van der Waals surface area contributed by atoms with Gasteiger partial charge in [-0.15, -0.1) is 6.58 Å². The van der Waals surface area contributed by atoms with E-state index in [-0.39, 0.29) is 6.54 Å². The Morgan fingerprint density at radius 3 is 2.50 bits per heavy atom. The SMILES string of the molecule is C=CCN(C)Cc1ccccc1C(F)(F)F. The van der Waals surface area contributed by atoms with E-state index >= 15 is 0 Å².